The normalized spacial score (nSPS) is 10.5. The van der Waals surface area contributed by atoms with Gasteiger partial charge in [-0.3, -0.25) is 0 Å². The molecular weight excluding hydrogens is 294 g/mol. The Morgan fingerprint density at radius 1 is 0.870 bits per heavy atom. The molecule has 1 N–H and O–H groups in total. The van der Waals surface area contributed by atoms with Gasteiger partial charge in [0.1, 0.15) is 30.4 Å². The van der Waals surface area contributed by atoms with E-state index in [2.05, 4.69) is 5.16 Å². The number of ether oxygens (including phenoxy) is 2. The van der Waals surface area contributed by atoms with E-state index in [0.29, 0.717) is 24.7 Å². The minimum Gasteiger partial charge on any atom is -0.490 e. The first-order valence-corrected chi connectivity index (χ1v) is 7.33. The van der Waals surface area contributed by atoms with Gasteiger partial charge in [0.15, 0.2) is 5.76 Å². The summed E-state index contributed by atoms with van der Waals surface area (Å²) in [5, 5.41) is 12.7. The summed E-state index contributed by atoms with van der Waals surface area (Å²) in [7, 11) is 0. The van der Waals surface area contributed by atoms with Crippen molar-refractivity contribution in [3.8, 4) is 22.8 Å². The summed E-state index contributed by atoms with van der Waals surface area (Å²) in [4.78, 5) is 0. The highest BCUT2D eigenvalue weighted by molar-refractivity contribution is 5.58. The predicted octanol–water partition coefficient (Wildman–Crippen LogP) is 3.29. The van der Waals surface area contributed by atoms with Crippen LogP contribution in [0.1, 0.15) is 5.69 Å². The van der Waals surface area contributed by atoms with Crippen LogP contribution in [-0.2, 0) is 6.61 Å². The van der Waals surface area contributed by atoms with Gasteiger partial charge in [0.05, 0.1) is 6.61 Å². The van der Waals surface area contributed by atoms with Crippen LogP contribution >= 0.6 is 0 Å². The Bertz CT molecular complexity index is 722. The molecule has 0 amide bonds. The number of hydrogen-bond acceptors (Lipinski definition) is 5. The number of hydrogen-bond donors (Lipinski definition) is 1. The molecule has 0 saturated heterocycles. The molecule has 5 heteroatoms. The van der Waals surface area contributed by atoms with Crippen molar-refractivity contribution < 1.29 is 19.1 Å². The molecule has 3 rings (SSSR count). The summed E-state index contributed by atoms with van der Waals surface area (Å²) in [6.45, 7) is 0.811. The maximum absolute atomic E-state index is 8.99. The van der Waals surface area contributed by atoms with E-state index >= 15 is 0 Å². The highest BCUT2D eigenvalue weighted by Gasteiger charge is 2.06. The van der Waals surface area contributed by atoms with Crippen LogP contribution in [0.5, 0.6) is 11.5 Å². The van der Waals surface area contributed by atoms with E-state index in [1.807, 2.05) is 54.6 Å². The van der Waals surface area contributed by atoms with Gasteiger partial charge in [0.25, 0.3) is 0 Å². The molecule has 3 aromatic rings. The minimum atomic E-state index is -0.133. The molecule has 0 aliphatic rings. The summed E-state index contributed by atoms with van der Waals surface area (Å²) in [6.07, 6.45) is 0. The first kappa shape index (κ1) is 15.1. The van der Waals surface area contributed by atoms with Crippen LogP contribution in [0.2, 0.25) is 0 Å². The van der Waals surface area contributed by atoms with Crippen molar-refractivity contribution >= 4 is 0 Å². The molecule has 0 aliphatic heterocycles. The summed E-state index contributed by atoms with van der Waals surface area (Å²) >= 11 is 0. The van der Waals surface area contributed by atoms with E-state index < -0.39 is 0 Å². The van der Waals surface area contributed by atoms with Gasteiger partial charge in [-0.2, -0.15) is 0 Å². The summed E-state index contributed by atoms with van der Waals surface area (Å²) < 4.78 is 16.4. The van der Waals surface area contributed by atoms with E-state index in [-0.39, 0.29) is 6.61 Å². The predicted molar refractivity (Wildman–Crippen MR) is 85.3 cm³/mol. The Balaban J connectivity index is 1.49. The number of nitrogens with zero attached hydrogens (tertiary/aromatic N) is 1. The Kier molecular flexibility index (Phi) is 4.91. The lowest BCUT2D eigenvalue weighted by molar-refractivity contribution is 0.217. The van der Waals surface area contributed by atoms with Gasteiger partial charge >= 0.3 is 0 Å². The molecule has 0 bridgehead atoms. The molecule has 0 fully saturated rings. The SMILES string of the molecule is OCc1cc(-c2ccc(OCCOc3ccccc3)cc2)on1. The van der Waals surface area contributed by atoms with Crippen molar-refractivity contribution in [2.75, 3.05) is 13.2 Å². The molecule has 0 saturated carbocycles. The van der Waals surface area contributed by atoms with E-state index in [4.69, 9.17) is 19.1 Å². The van der Waals surface area contributed by atoms with Crippen LogP contribution in [0.3, 0.4) is 0 Å². The van der Waals surface area contributed by atoms with Crippen LogP contribution < -0.4 is 9.47 Å². The van der Waals surface area contributed by atoms with Gasteiger partial charge < -0.3 is 19.1 Å². The fourth-order valence-electron chi connectivity index (χ4n) is 2.07. The highest BCUT2D eigenvalue weighted by atomic mass is 16.5. The zero-order chi connectivity index (χ0) is 15.9. The fraction of sp³-hybridized carbons (Fsp3) is 0.167. The largest absolute Gasteiger partial charge is 0.490 e. The second kappa shape index (κ2) is 7.47. The quantitative estimate of drug-likeness (QED) is 0.678. The molecule has 0 aliphatic carbocycles. The molecule has 0 radical (unpaired) electrons. The monoisotopic (exact) mass is 311 g/mol. The topological polar surface area (TPSA) is 64.7 Å². The molecule has 5 nitrogen and oxygen atoms in total. The number of benzene rings is 2. The van der Waals surface area contributed by atoms with E-state index in [1.54, 1.807) is 6.07 Å². The average molecular weight is 311 g/mol. The second-order valence-corrected chi connectivity index (χ2v) is 4.87. The van der Waals surface area contributed by atoms with Crippen LogP contribution in [-0.4, -0.2) is 23.5 Å². The molecule has 118 valence electrons. The van der Waals surface area contributed by atoms with Gasteiger partial charge in [-0.25, -0.2) is 0 Å². The van der Waals surface area contributed by atoms with Crippen molar-refractivity contribution in [2.45, 2.75) is 6.61 Å². The van der Waals surface area contributed by atoms with Crippen LogP contribution in [0.25, 0.3) is 11.3 Å². The summed E-state index contributed by atoms with van der Waals surface area (Å²) in [6, 6.07) is 18.8. The van der Waals surface area contributed by atoms with Crippen LogP contribution in [0.4, 0.5) is 0 Å². The van der Waals surface area contributed by atoms with Crippen LogP contribution in [0.15, 0.2) is 65.2 Å². The molecule has 0 atom stereocenters. The van der Waals surface area contributed by atoms with Gasteiger partial charge in [0.2, 0.25) is 0 Å². The van der Waals surface area contributed by atoms with E-state index in [0.717, 1.165) is 17.1 Å². The third-order valence-corrected chi connectivity index (χ3v) is 3.22. The Morgan fingerprint density at radius 3 is 2.13 bits per heavy atom. The van der Waals surface area contributed by atoms with Gasteiger partial charge in [0, 0.05) is 11.6 Å². The lowest BCUT2D eigenvalue weighted by Gasteiger charge is -2.08. The van der Waals surface area contributed by atoms with Gasteiger partial charge in [-0.1, -0.05) is 23.4 Å². The highest BCUT2D eigenvalue weighted by Crippen LogP contribution is 2.23. The van der Waals surface area contributed by atoms with E-state index in [9.17, 15) is 0 Å². The van der Waals surface area contributed by atoms with E-state index in [1.165, 1.54) is 0 Å². The number of para-hydroxylation sites is 1. The molecule has 0 spiro atoms. The fourth-order valence-corrected chi connectivity index (χ4v) is 2.07. The van der Waals surface area contributed by atoms with Crippen LogP contribution in [0, 0.1) is 0 Å². The number of rotatable bonds is 7. The summed E-state index contributed by atoms with van der Waals surface area (Å²) in [5.74, 6) is 2.21. The lowest BCUT2D eigenvalue weighted by Crippen LogP contribution is -2.08. The smallest absolute Gasteiger partial charge is 0.167 e. The standard InChI is InChI=1S/C18H17NO4/c20-13-15-12-18(23-19-15)14-6-8-17(9-7-14)22-11-10-21-16-4-2-1-3-5-16/h1-9,12,20H,10-11,13H2. The molecule has 0 unspecified atom stereocenters. The second-order valence-electron chi connectivity index (χ2n) is 4.87. The first-order valence-electron chi connectivity index (χ1n) is 7.33. The molecule has 23 heavy (non-hydrogen) atoms. The Morgan fingerprint density at radius 2 is 1.52 bits per heavy atom. The molecule has 2 aromatic carbocycles. The maximum Gasteiger partial charge on any atom is 0.167 e. The Hall–Kier alpha value is -2.79. The van der Waals surface area contributed by atoms with Gasteiger partial charge in [-0.15, -0.1) is 0 Å². The zero-order valence-electron chi connectivity index (χ0n) is 12.5. The average Bonchev–Trinajstić information content (AvgIpc) is 3.09. The number of aliphatic hydroxyl groups excluding tert-OH is 1. The lowest BCUT2D eigenvalue weighted by atomic mass is 10.1. The minimum absolute atomic E-state index is 0.133. The number of aliphatic hydroxyl groups is 1. The van der Waals surface area contributed by atoms with Crippen molar-refractivity contribution in [3.05, 3.63) is 66.4 Å². The third-order valence-electron chi connectivity index (χ3n) is 3.22. The number of aromatic nitrogens is 1. The van der Waals surface area contributed by atoms with Crippen molar-refractivity contribution in [2.24, 2.45) is 0 Å². The maximum atomic E-state index is 8.99. The molecule has 1 aromatic heterocycles. The Labute approximate surface area is 134 Å². The van der Waals surface area contributed by atoms with Crippen molar-refractivity contribution in [1.29, 1.82) is 0 Å². The summed E-state index contributed by atoms with van der Waals surface area (Å²) in [5.41, 5.74) is 1.39. The van der Waals surface area contributed by atoms with Crippen molar-refractivity contribution in [1.82, 2.24) is 5.16 Å². The van der Waals surface area contributed by atoms with Crippen molar-refractivity contribution in [3.63, 3.8) is 0 Å². The first-order chi connectivity index (χ1) is 11.3. The third kappa shape index (κ3) is 4.11. The zero-order valence-corrected chi connectivity index (χ0v) is 12.5. The van der Waals surface area contributed by atoms with Gasteiger partial charge in [-0.05, 0) is 36.4 Å². The molecular formula is C18H17NO4. The molecule has 1 heterocycles.